The van der Waals surface area contributed by atoms with Crippen molar-refractivity contribution in [3.63, 3.8) is 0 Å². The van der Waals surface area contributed by atoms with Crippen LogP contribution in [0.15, 0.2) is 24.3 Å². The summed E-state index contributed by atoms with van der Waals surface area (Å²) in [6.07, 6.45) is 0.672. The Kier molecular flexibility index (Phi) is 7.97. The van der Waals surface area contributed by atoms with Gasteiger partial charge in [-0.15, -0.1) is 0 Å². The maximum absolute atomic E-state index is 6.49. The Bertz CT molecular complexity index is 811. The van der Waals surface area contributed by atoms with E-state index in [1.165, 1.54) is 0 Å². The predicted molar refractivity (Wildman–Crippen MR) is 129 cm³/mol. The Morgan fingerprint density at radius 1 is 0.724 bits per heavy atom. The van der Waals surface area contributed by atoms with Crippen LogP contribution in [0.1, 0.15) is 11.4 Å². The molecular formula is C21H38N2O3Si3. The van der Waals surface area contributed by atoms with Crippen molar-refractivity contribution < 1.29 is 13.3 Å². The lowest BCUT2D eigenvalue weighted by Gasteiger charge is -2.29. The summed E-state index contributed by atoms with van der Waals surface area (Å²) in [5.74, 6) is 0. The average Bonchev–Trinajstić information content (AvgIpc) is 2.55. The van der Waals surface area contributed by atoms with Gasteiger partial charge in [-0.05, 0) is 71.1 Å². The van der Waals surface area contributed by atoms with Gasteiger partial charge in [-0.1, -0.05) is 12.1 Å². The first-order valence-corrected chi connectivity index (χ1v) is 20.6. The van der Waals surface area contributed by atoms with E-state index in [2.05, 4.69) is 58.9 Å². The number of para-hydroxylation sites is 2. The second-order valence-electron chi connectivity index (χ2n) is 10.5. The van der Waals surface area contributed by atoms with Gasteiger partial charge >= 0.3 is 0 Å². The Morgan fingerprint density at radius 3 is 1.72 bits per heavy atom. The highest BCUT2D eigenvalue weighted by Gasteiger charge is 2.26. The number of aromatic nitrogens is 2. The Balaban J connectivity index is 2.34. The molecule has 1 heterocycles. The molecule has 0 amide bonds. The molecule has 0 fully saturated rings. The SMILES string of the molecule is C[Si](C)(C)OCc1nc2ccccc2nc1C[C@@H](CO[Si](C)(C)C)O[Si](C)(C)C. The summed E-state index contributed by atoms with van der Waals surface area (Å²) in [4.78, 5) is 9.85. The Labute approximate surface area is 179 Å². The molecule has 0 aliphatic carbocycles. The van der Waals surface area contributed by atoms with Gasteiger partial charge in [0.2, 0.25) is 0 Å². The summed E-state index contributed by atoms with van der Waals surface area (Å²) in [7, 11) is -5.02. The van der Waals surface area contributed by atoms with Crippen molar-refractivity contribution in [3.8, 4) is 0 Å². The highest BCUT2D eigenvalue weighted by Crippen LogP contribution is 2.20. The molecule has 0 saturated heterocycles. The van der Waals surface area contributed by atoms with Gasteiger partial charge in [-0.2, -0.15) is 0 Å². The van der Waals surface area contributed by atoms with E-state index >= 15 is 0 Å². The first kappa shape index (κ1) is 24.4. The molecule has 2 aromatic rings. The molecule has 1 aromatic heterocycles. The van der Waals surface area contributed by atoms with Crippen molar-refractivity contribution in [1.82, 2.24) is 9.97 Å². The third kappa shape index (κ3) is 9.18. The summed E-state index contributed by atoms with van der Waals surface area (Å²) in [6, 6.07) is 8.03. The third-order valence-corrected chi connectivity index (χ3v) is 7.09. The minimum atomic E-state index is -1.73. The first-order valence-electron chi connectivity index (χ1n) is 10.4. The van der Waals surface area contributed by atoms with Crippen LogP contribution in [0.2, 0.25) is 58.9 Å². The maximum atomic E-state index is 6.49. The first-order chi connectivity index (χ1) is 13.2. The topological polar surface area (TPSA) is 53.5 Å². The summed E-state index contributed by atoms with van der Waals surface area (Å²) < 4.78 is 18.9. The predicted octanol–water partition coefficient (Wildman–Crippen LogP) is 5.60. The lowest BCUT2D eigenvalue weighted by atomic mass is 10.1. The van der Waals surface area contributed by atoms with Gasteiger partial charge in [0.05, 0.1) is 41.7 Å². The number of fused-ring (bicyclic) bond motifs is 1. The van der Waals surface area contributed by atoms with Gasteiger partial charge < -0.3 is 13.3 Å². The standard InChI is InChI=1S/C21H38N2O3Si3/c1-27(2,3)24-15-17(26-29(7,8)9)14-20-21(16-25-28(4,5)6)23-19-13-11-10-12-18(19)22-20/h10-13,17H,14-16H2,1-9H3/t17-/m0/s1. The molecule has 162 valence electrons. The van der Waals surface area contributed by atoms with Crippen molar-refractivity contribution in [2.45, 2.75) is 78.1 Å². The van der Waals surface area contributed by atoms with Crippen molar-refractivity contribution in [3.05, 3.63) is 35.7 Å². The zero-order valence-electron chi connectivity index (χ0n) is 19.6. The van der Waals surface area contributed by atoms with E-state index in [0.29, 0.717) is 19.6 Å². The van der Waals surface area contributed by atoms with E-state index in [1.807, 2.05) is 24.3 Å². The fourth-order valence-electron chi connectivity index (χ4n) is 2.83. The molecule has 0 aliphatic heterocycles. The number of hydrogen-bond acceptors (Lipinski definition) is 5. The van der Waals surface area contributed by atoms with Crippen LogP contribution in [-0.2, 0) is 26.3 Å². The zero-order chi connectivity index (χ0) is 21.9. The van der Waals surface area contributed by atoms with Crippen LogP contribution in [0.5, 0.6) is 0 Å². The van der Waals surface area contributed by atoms with Gasteiger partial charge in [0, 0.05) is 6.42 Å². The molecule has 5 nitrogen and oxygen atoms in total. The van der Waals surface area contributed by atoms with E-state index in [-0.39, 0.29) is 6.10 Å². The fourth-order valence-corrected chi connectivity index (χ4v) is 5.24. The fraction of sp³-hybridized carbons (Fsp3) is 0.619. The molecule has 2 rings (SSSR count). The molecule has 1 atom stereocenters. The Morgan fingerprint density at radius 2 is 1.24 bits per heavy atom. The molecule has 0 unspecified atom stereocenters. The Hall–Kier alpha value is -0.909. The minimum absolute atomic E-state index is 0.0190. The molecule has 0 spiro atoms. The van der Waals surface area contributed by atoms with Crippen LogP contribution in [0.3, 0.4) is 0 Å². The lowest BCUT2D eigenvalue weighted by molar-refractivity contribution is 0.117. The maximum Gasteiger partial charge on any atom is 0.184 e. The number of rotatable bonds is 10. The summed E-state index contributed by atoms with van der Waals surface area (Å²) in [6.45, 7) is 21.0. The molecule has 0 bridgehead atoms. The van der Waals surface area contributed by atoms with Gasteiger partial charge in [0.15, 0.2) is 25.0 Å². The molecule has 0 radical (unpaired) electrons. The largest absolute Gasteiger partial charge is 0.415 e. The van der Waals surface area contributed by atoms with Gasteiger partial charge in [0.25, 0.3) is 0 Å². The van der Waals surface area contributed by atoms with Crippen LogP contribution >= 0.6 is 0 Å². The highest BCUT2D eigenvalue weighted by atomic mass is 28.4. The van der Waals surface area contributed by atoms with Gasteiger partial charge in [-0.25, -0.2) is 9.97 Å². The van der Waals surface area contributed by atoms with Crippen LogP contribution in [0, 0.1) is 0 Å². The summed E-state index contributed by atoms with van der Waals surface area (Å²) in [5, 5.41) is 0. The average molecular weight is 451 g/mol. The smallest absolute Gasteiger partial charge is 0.184 e. The van der Waals surface area contributed by atoms with Crippen molar-refractivity contribution in [2.75, 3.05) is 6.61 Å². The third-order valence-electron chi connectivity index (χ3n) is 4.01. The normalized spacial score (nSPS) is 14.4. The van der Waals surface area contributed by atoms with Crippen LogP contribution in [-0.4, -0.2) is 47.6 Å². The summed E-state index contributed by atoms with van der Waals surface area (Å²) >= 11 is 0. The second-order valence-corrected chi connectivity index (χ2v) is 24.0. The van der Waals surface area contributed by atoms with Crippen LogP contribution in [0.4, 0.5) is 0 Å². The van der Waals surface area contributed by atoms with Crippen LogP contribution < -0.4 is 0 Å². The molecule has 0 aliphatic rings. The monoisotopic (exact) mass is 450 g/mol. The van der Waals surface area contributed by atoms with E-state index in [1.54, 1.807) is 0 Å². The van der Waals surface area contributed by atoms with E-state index < -0.39 is 25.0 Å². The van der Waals surface area contributed by atoms with E-state index in [0.717, 1.165) is 22.4 Å². The van der Waals surface area contributed by atoms with Gasteiger partial charge in [0.1, 0.15) is 0 Å². The highest BCUT2D eigenvalue weighted by molar-refractivity contribution is 6.70. The van der Waals surface area contributed by atoms with Crippen LogP contribution in [0.25, 0.3) is 11.0 Å². The van der Waals surface area contributed by atoms with Gasteiger partial charge in [-0.3, -0.25) is 0 Å². The van der Waals surface area contributed by atoms with Crippen molar-refractivity contribution in [1.29, 1.82) is 0 Å². The minimum Gasteiger partial charge on any atom is -0.415 e. The van der Waals surface area contributed by atoms with E-state index in [4.69, 9.17) is 23.2 Å². The molecule has 0 saturated carbocycles. The molecule has 8 heteroatoms. The summed E-state index contributed by atoms with van der Waals surface area (Å²) in [5.41, 5.74) is 3.70. The van der Waals surface area contributed by atoms with Crippen molar-refractivity contribution >= 4 is 36.0 Å². The number of nitrogens with zero attached hydrogens (tertiary/aromatic N) is 2. The number of hydrogen-bond donors (Lipinski definition) is 0. The van der Waals surface area contributed by atoms with E-state index in [9.17, 15) is 0 Å². The molecular weight excluding hydrogens is 413 g/mol. The molecule has 1 aromatic carbocycles. The zero-order valence-corrected chi connectivity index (χ0v) is 22.6. The quantitative estimate of drug-likeness (QED) is 0.441. The lowest BCUT2D eigenvalue weighted by Crippen LogP contribution is -2.39. The molecule has 29 heavy (non-hydrogen) atoms. The number of benzene rings is 1. The van der Waals surface area contributed by atoms with Crippen molar-refractivity contribution in [2.24, 2.45) is 0 Å². The second kappa shape index (κ2) is 9.49. The molecule has 0 N–H and O–H groups in total.